The van der Waals surface area contributed by atoms with Gasteiger partial charge in [-0.05, 0) is 37.9 Å². The van der Waals surface area contributed by atoms with Crippen LogP contribution in [-0.2, 0) is 0 Å². The Kier molecular flexibility index (Phi) is 3.15. The van der Waals surface area contributed by atoms with Gasteiger partial charge in [0.1, 0.15) is 5.76 Å². The van der Waals surface area contributed by atoms with Crippen LogP contribution in [0.15, 0.2) is 46.9 Å². The number of aliphatic hydroxyl groups excluding tert-OH is 1. The molecule has 0 aromatic rings. The third-order valence-electron chi connectivity index (χ3n) is 2.81. The normalized spacial score (nSPS) is 18.7. The first-order valence-electron chi connectivity index (χ1n) is 5.57. The minimum atomic E-state index is 0.388. The summed E-state index contributed by atoms with van der Waals surface area (Å²) in [5.41, 5.74) is 3.39. The predicted octanol–water partition coefficient (Wildman–Crippen LogP) is 1.73. The molecule has 0 amide bonds. The molecule has 16 heavy (non-hydrogen) atoms. The fourth-order valence-electron chi connectivity index (χ4n) is 1.88. The fourth-order valence-corrected chi connectivity index (χ4v) is 1.88. The fraction of sp³-hybridized carbons (Fsp3) is 0.385. The quantitative estimate of drug-likeness (QED) is 0.754. The summed E-state index contributed by atoms with van der Waals surface area (Å²) in [6, 6.07) is 0. The van der Waals surface area contributed by atoms with Crippen molar-refractivity contribution >= 4 is 0 Å². The average Bonchev–Trinajstić information content (AvgIpc) is 2.60. The Labute approximate surface area is 96.5 Å². The molecule has 0 fully saturated rings. The molecule has 0 saturated carbocycles. The van der Waals surface area contributed by atoms with E-state index in [1.807, 2.05) is 12.2 Å². The molecule has 0 heterocycles. The zero-order chi connectivity index (χ0) is 11.5. The Morgan fingerprint density at radius 3 is 2.81 bits per heavy atom. The van der Waals surface area contributed by atoms with Crippen molar-refractivity contribution in [2.45, 2.75) is 6.42 Å². The van der Waals surface area contributed by atoms with E-state index in [1.165, 1.54) is 11.3 Å². The number of allylic oxidation sites excluding steroid dienone is 6. The number of hydrogen-bond acceptors (Lipinski definition) is 3. The van der Waals surface area contributed by atoms with E-state index in [0.29, 0.717) is 5.76 Å². The second-order valence-electron chi connectivity index (χ2n) is 4.42. The molecule has 0 spiro atoms. The monoisotopic (exact) mass is 218 g/mol. The van der Waals surface area contributed by atoms with Crippen LogP contribution in [-0.4, -0.2) is 37.2 Å². The van der Waals surface area contributed by atoms with Gasteiger partial charge in [0.2, 0.25) is 0 Å². The molecular formula is C13H18N2O. The molecule has 0 aliphatic heterocycles. The first kappa shape index (κ1) is 11.0. The maximum atomic E-state index is 9.54. The molecule has 0 bridgehead atoms. The Bertz CT molecular complexity index is 400. The Balaban J connectivity index is 1.91. The van der Waals surface area contributed by atoms with Crippen molar-refractivity contribution in [2.24, 2.45) is 0 Å². The molecule has 0 atom stereocenters. The van der Waals surface area contributed by atoms with Crippen molar-refractivity contribution in [3.05, 3.63) is 46.9 Å². The van der Waals surface area contributed by atoms with Crippen LogP contribution < -0.4 is 5.32 Å². The number of nitrogens with one attached hydrogen (secondary N) is 1. The molecule has 3 nitrogen and oxygen atoms in total. The summed E-state index contributed by atoms with van der Waals surface area (Å²) in [4.78, 5) is 2.15. The molecule has 0 saturated heterocycles. The van der Waals surface area contributed by atoms with E-state index in [-0.39, 0.29) is 0 Å². The van der Waals surface area contributed by atoms with Crippen molar-refractivity contribution < 1.29 is 5.11 Å². The van der Waals surface area contributed by atoms with Crippen molar-refractivity contribution in [3.63, 3.8) is 0 Å². The number of nitrogens with zero attached hydrogens (tertiary/aromatic N) is 1. The van der Waals surface area contributed by atoms with Gasteiger partial charge >= 0.3 is 0 Å². The van der Waals surface area contributed by atoms with Gasteiger partial charge in [0.15, 0.2) is 0 Å². The second kappa shape index (κ2) is 4.58. The molecule has 2 aliphatic rings. The summed E-state index contributed by atoms with van der Waals surface area (Å²) in [6.07, 6.45) is 8.67. The van der Waals surface area contributed by atoms with Crippen LogP contribution in [0.1, 0.15) is 6.42 Å². The van der Waals surface area contributed by atoms with E-state index in [0.717, 1.165) is 25.1 Å². The van der Waals surface area contributed by atoms with Gasteiger partial charge in [-0.3, -0.25) is 0 Å². The summed E-state index contributed by atoms with van der Waals surface area (Å²) in [5, 5.41) is 13.0. The zero-order valence-corrected chi connectivity index (χ0v) is 9.83. The van der Waals surface area contributed by atoms with E-state index < -0.39 is 0 Å². The second-order valence-corrected chi connectivity index (χ2v) is 4.42. The molecule has 86 valence electrons. The van der Waals surface area contributed by atoms with Gasteiger partial charge in [0, 0.05) is 30.8 Å². The first-order chi connectivity index (χ1) is 7.66. The molecule has 2 aliphatic carbocycles. The number of fused-ring (bicyclic) bond motifs is 1. The number of hydrogen-bond donors (Lipinski definition) is 2. The van der Waals surface area contributed by atoms with Gasteiger partial charge in [-0.15, -0.1) is 0 Å². The highest BCUT2D eigenvalue weighted by Crippen LogP contribution is 2.31. The molecule has 2 rings (SSSR count). The van der Waals surface area contributed by atoms with Gasteiger partial charge in [0.05, 0.1) is 0 Å². The van der Waals surface area contributed by atoms with Crippen LogP contribution in [0.5, 0.6) is 0 Å². The number of aliphatic hydroxyl groups is 1. The van der Waals surface area contributed by atoms with E-state index in [4.69, 9.17) is 0 Å². The topological polar surface area (TPSA) is 35.5 Å². The largest absolute Gasteiger partial charge is 0.507 e. The highest BCUT2D eigenvalue weighted by Gasteiger charge is 2.18. The standard InChI is InChI=1S/C13H18N2O/c1-15(2)8-7-14-11-4-5-12-10(9-11)3-6-13(12)16/h3-6,14,16H,7-9H2,1-2H3. The first-order valence-corrected chi connectivity index (χ1v) is 5.57. The number of likely N-dealkylation sites (N-methyl/N-ethyl adjacent to an activating group) is 1. The summed E-state index contributed by atoms with van der Waals surface area (Å²) in [6.45, 7) is 1.98. The molecule has 3 heteroatoms. The lowest BCUT2D eigenvalue weighted by atomic mass is 9.98. The minimum absolute atomic E-state index is 0.388. The lowest BCUT2D eigenvalue weighted by Crippen LogP contribution is -2.26. The van der Waals surface area contributed by atoms with Crippen LogP contribution in [0.25, 0.3) is 0 Å². The van der Waals surface area contributed by atoms with Crippen molar-refractivity contribution in [2.75, 3.05) is 27.2 Å². The number of rotatable bonds is 4. The van der Waals surface area contributed by atoms with Crippen molar-refractivity contribution in [3.8, 4) is 0 Å². The van der Waals surface area contributed by atoms with E-state index in [9.17, 15) is 5.11 Å². The van der Waals surface area contributed by atoms with Crippen LogP contribution in [0, 0.1) is 0 Å². The van der Waals surface area contributed by atoms with Crippen LogP contribution in [0.3, 0.4) is 0 Å². The Morgan fingerprint density at radius 2 is 2.06 bits per heavy atom. The highest BCUT2D eigenvalue weighted by molar-refractivity contribution is 5.56. The predicted molar refractivity (Wildman–Crippen MR) is 66.1 cm³/mol. The van der Waals surface area contributed by atoms with Gasteiger partial charge < -0.3 is 15.3 Å². The van der Waals surface area contributed by atoms with Crippen LogP contribution in [0.2, 0.25) is 0 Å². The molecule has 2 N–H and O–H groups in total. The van der Waals surface area contributed by atoms with E-state index >= 15 is 0 Å². The minimum Gasteiger partial charge on any atom is -0.507 e. The third-order valence-corrected chi connectivity index (χ3v) is 2.81. The average molecular weight is 218 g/mol. The highest BCUT2D eigenvalue weighted by atomic mass is 16.3. The zero-order valence-electron chi connectivity index (χ0n) is 9.83. The van der Waals surface area contributed by atoms with E-state index in [1.54, 1.807) is 6.08 Å². The summed E-state index contributed by atoms with van der Waals surface area (Å²) in [5.74, 6) is 0.388. The summed E-state index contributed by atoms with van der Waals surface area (Å²) < 4.78 is 0. The third kappa shape index (κ3) is 2.36. The Hall–Kier alpha value is -1.48. The lowest BCUT2D eigenvalue weighted by molar-refractivity contribution is 0.407. The summed E-state index contributed by atoms with van der Waals surface area (Å²) >= 11 is 0. The Morgan fingerprint density at radius 1 is 1.25 bits per heavy atom. The van der Waals surface area contributed by atoms with Crippen molar-refractivity contribution in [1.29, 1.82) is 0 Å². The van der Waals surface area contributed by atoms with Gasteiger partial charge in [-0.2, -0.15) is 0 Å². The molecule has 0 aromatic carbocycles. The van der Waals surface area contributed by atoms with Gasteiger partial charge in [-0.1, -0.05) is 6.08 Å². The molecule has 0 unspecified atom stereocenters. The molecule has 0 aromatic heterocycles. The van der Waals surface area contributed by atoms with Gasteiger partial charge in [0.25, 0.3) is 0 Å². The molecular weight excluding hydrogens is 200 g/mol. The van der Waals surface area contributed by atoms with Crippen LogP contribution in [0.4, 0.5) is 0 Å². The smallest absolute Gasteiger partial charge is 0.123 e. The maximum absolute atomic E-state index is 9.54. The van der Waals surface area contributed by atoms with E-state index in [2.05, 4.69) is 30.4 Å². The maximum Gasteiger partial charge on any atom is 0.123 e. The molecule has 0 radical (unpaired) electrons. The van der Waals surface area contributed by atoms with Crippen LogP contribution >= 0.6 is 0 Å². The van der Waals surface area contributed by atoms with Crippen molar-refractivity contribution in [1.82, 2.24) is 10.2 Å². The van der Waals surface area contributed by atoms with Gasteiger partial charge in [-0.25, -0.2) is 0 Å². The lowest BCUT2D eigenvalue weighted by Gasteiger charge is -2.18. The SMILES string of the molecule is CN(C)CCNC1=CC=C2C(O)=CC=C2C1. The summed E-state index contributed by atoms with van der Waals surface area (Å²) in [7, 11) is 4.13.